The Kier molecular flexibility index (Phi) is 8.46. The van der Waals surface area contributed by atoms with E-state index in [4.69, 9.17) is 16.6 Å². The lowest BCUT2D eigenvalue weighted by molar-refractivity contribution is -0.135. The summed E-state index contributed by atoms with van der Waals surface area (Å²) in [4.78, 5) is 27.8. The lowest BCUT2D eigenvalue weighted by Crippen LogP contribution is -2.58. The predicted octanol–water partition coefficient (Wildman–Crippen LogP) is 4.82. The number of rotatable bonds is 8. The van der Waals surface area contributed by atoms with Gasteiger partial charge < -0.3 is 14.8 Å². The molecule has 1 saturated heterocycles. The van der Waals surface area contributed by atoms with Crippen LogP contribution in [0, 0.1) is 6.92 Å². The Hall–Kier alpha value is -3.52. The van der Waals surface area contributed by atoms with Crippen LogP contribution in [-0.4, -0.2) is 62.5 Å². The van der Waals surface area contributed by atoms with Gasteiger partial charge >= 0.3 is 0 Å². The fraction of sp³-hybridized carbons (Fsp3) is 0.364. The molecule has 41 heavy (non-hydrogen) atoms. The largest absolute Gasteiger partial charge is 0.337 e. The van der Waals surface area contributed by atoms with Crippen molar-refractivity contribution in [2.24, 2.45) is 0 Å². The van der Waals surface area contributed by atoms with Crippen molar-refractivity contribution >= 4 is 17.5 Å². The third kappa shape index (κ3) is 6.22. The smallest absolute Gasteiger partial charge is 0.241 e. The van der Waals surface area contributed by atoms with Gasteiger partial charge in [0.15, 0.2) is 0 Å². The van der Waals surface area contributed by atoms with Gasteiger partial charge in [0, 0.05) is 56.7 Å². The van der Waals surface area contributed by atoms with Crippen LogP contribution in [-0.2, 0) is 30.7 Å². The number of halogens is 1. The monoisotopic (exact) mass is 568 g/mol. The summed E-state index contributed by atoms with van der Waals surface area (Å²) in [6, 6.07) is 20.3. The molecule has 1 unspecified atom stereocenters. The number of pyridine rings is 1. The Morgan fingerprint density at radius 2 is 1.88 bits per heavy atom. The van der Waals surface area contributed by atoms with Crippen LogP contribution in [0.2, 0.25) is 5.02 Å². The van der Waals surface area contributed by atoms with Crippen LogP contribution in [0.3, 0.4) is 0 Å². The predicted molar refractivity (Wildman–Crippen MR) is 162 cm³/mol. The Morgan fingerprint density at radius 3 is 2.71 bits per heavy atom. The van der Waals surface area contributed by atoms with Gasteiger partial charge in [-0.3, -0.25) is 14.7 Å². The summed E-state index contributed by atoms with van der Waals surface area (Å²) < 4.78 is 2.10. The molecule has 0 saturated carbocycles. The van der Waals surface area contributed by atoms with E-state index in [9.17, 15) is 4.79 Å². The number of nitrogens with zero attached hydrogens (tertiary/aromatic N) is 5. The zero-order valence-corrected chi connectivity index (χ0v) is 24.3. The average Bonchev–Trinajstić information content (AvgIpc) is 3.33. The minimum Gasteiger partial charge on any atom is -0.337 e. The van der Waals surface area contributed by atoms with Crippen molar-refractivity contribution in [3.63, 3.8) is 0 Å². The number of amides is 1. The highest BCUT2D eigenvalue weighted by Gasteiger charge is 2.37. The summed E-state index contributed by atoms with van der Waals surface area (Å²) in [5, 5.41) is 4.31. The molecule has 2 aromatic carbocycles. The van der Waals surface area contributed by atoms with E-state index in [0.29, 0.717) is 19.6 Å². The molecule has 212 valence electrons. The highest BCUT2D eigenvalue weighted by molar-refractivity contribution is 6.31. The van der Waals surface area contributed by atoms with Crippen LogP contribution in [0.1, 0.15) is 46.1 Å². The number of aryl methyl sites for hydroxylation is 4. The van der Waals surface area contributed by atoms with Crippen LogP contribution in [0.5, 0.6) is 0 Å². The highest BCUT2D eigenvalue weighted by Crippen LogP contribution is 2.39. The summed E-state index contributed by atoms with van der Waals surface area (Å²) in [6.45, 7) is 6.21. The van der Waals surface area contributed by atoms with Crippen molar-refractivity contribution in [3.8, 4) is 0 Å². The number of carbonyl (C=O) groups is 1. The highest BCUT2D eigenvalue weighted by atomic mass is 35.5. The number of aromatic nitrogens is 3. The van der Waals surface area contributed by atoms with Crippen LogP contribution in [0.4, 0.5) is 0 Å². The van der Waals surface area contributed by atoms with Gasteiger partial charge in [0.1, 0.15) is 0 Å². The van der Waals surface area contributed by atoms with Gasteiger partial charge in [-0.15, -0.1) is 0 Å². The number of hydrogen-bond donors (Lipinski definition) is 1. The van der Waals surface area contributed by atoms with Crippen molar-refractivity contribution in [2.75, 3.05) is 26.2 Å². The van der Waals surface area contributed by atoms with E-state index >= 15 is 0 Å². The van der Waals surface area contributed by atoms with Crippen molar-refractivity contribution < 1.29 is 4.79 Å². The molecule has 0 radical (unpaired) electrons. The Bertz CT molecular complexity index is 1490. The number of fused-ring (bicyclic) bond motifs is 2. The average molecular weight is 569 g/mol. The molecule has 1 fully saturated rings. The fourth-order valence-corrected chi connectivity index (χ4v) is 6.58. The van der Waals surface area contributed by atoms with E-state index in [1.165, 1.54) is 11.1 Å². The number of piperazine rings is 1. The van der Waals surface area contributed by atoms with E-state index in [1.54, 1.807) is 0 Å². The zero-order chi connectivity index (χ0) is 28.2. The Labute approximate surface area is 247 Å². The standard InChI is InChI=1S/C33H37ClN6O/c1-24-20-38(23-37-24)17-7-18-40(21-25-8-3-2-4-9-25)33(41)29-22-39(19-16-35-29)32-30-26(10-5-12-28(30)34)13-14-27-11-6-15-36-31(27)32/h2-6,8-12,15,20,23,29,32,35H,7,13-14,16-19,21-22H2,1H3/t29-,32?/m1/s1. The van der Waals surface area contributed by atoms with E-state index in [-0.39, 0.29) is 18.0 Å². The van der Waals surface area contributed by atoms with Crippen molar-refractivity contribution in [3.05, 3.63) is 118 Å². The molecule has 3 heterocycles. The summed E-state index contributed by atoms with van der Waals surface area (Å²) in [5.41, 5.74) is 6.86. The molecule has 0 spiro atoms. The minimum absolute atomic E-state index is 0.0816. The van der Waals surface area contributed by atoms with E-state index in [2.05, 4.69) is 44.0 Å². The summed E-state index contributed by atoms with van der Waals surface area (Å²) in [7, 11) is 0. The molecule has 1 amide bonds. The SMILES string of the molecule is Cc1cn(CCCN(Cc2ccccc2)C(=O)[C@H]2CN(C3c4ncccc4CCc4cccc(Cl)c43)CCN2)cn1. The first-order valence-electron chi connectivity index (χ1n) is 14.6. The van der Waals surface area contributed by atoms with Gasteiger partial charge in [-0.25, -0.2) is 4.98 Å². The van der Waals surface area contributed by atoms with E-state index < -0.39 is 0 Å². The quantitative estimate of drug-likeness (QED) is 0.330. The first kappa shape index (κ1) is 27.6. The van der Waals surface area contributed by atoms with Crippen molar-refractivity contribution in [2.45, 2.75) is 51.4 Å². The lowest BCUT2D eigenvalue weighted by Gasteiger charge is -2.40. The number of benzene rings is 2. The Balaban J connectivity index is 1.25. The maximum atomic E-state index is 14.2. The maximum absolute atomic E-state index is 14.2. The molecule has 6 rings (SSSR count). The van der Waals surface area contributed by atoms with Crippen molar-refractivity contribution in [1.29, 1.82) is 0 Å². The molecule has 4 aromatic rings. The fourth-order valence-electron chi connectivity index (χ4n) is 6.28. The molecule has 0 bridgehead atoms. The first-order valence-corrected chi connectivity index (χ1v) is 14.9. The van der Waals surface area contributed by atoms with Crippen LogP contribution in [0.15, 0.2) is 79.4 Å². The van der Waals surface area contributed by atoms with E-state index in [0.717, 1.165) is 66.4 Å². The first-order chi connectivity index (χ1) is 20.1. The maximum Gasteiger partial charge on any atom is 0.241 e. The number of hydrogen-bond acceptors (Lipinski definition) is 5. The molecular formula is C33H37ClN6O. The topological polar surface area (TPSA) is 66.3 Å². The third-order valence-electron chi connectivity index (χ3n) is 8.27. The molecule has 8 heteroatoms. The number of nitrogens with one attached hydrogen (secondary N) is 1. The molecule has 2 aromatic heterocycles. The second-order valence-electron chi connectivity index (χ2n) is 11.1. The summed E-state index contributed by atoms with van der Waals surface area (Å²) >= 11 is 6.89. The Morgan fingerprint density at radius 1 is 1.05 bits per heavy atom. The zero-order valence-electron chi connectivity index (χ0n) is 23.5. The van der Waals surface area contributed by atoms with Crippen LogP contribution < -0.4 is 5.32 Å². The second-order valence-corrected chi connectivity index (χ2v) is 11.5. The molecule has 1 aliphatic heterocycles. The molecule has 2 aliphatic rings. The van der Waals surface area contributed by atoms with Gasteiger partial charge in [0.05, 0.1) is 29.8 Å². The van der Waals surface area contributed by atoms with Gasteiger partial charge in [0.2, 0.25) is 5.91 Å². The van der Waals surface area contributed by atoms with Gasteiger partial charge in [0.25, 0.3) is 0 Å². The number of imidazole rings is 1. The minimum atomic E-state index is -0.315. The lowest BCUT2D eigenvalue weighted by atomic mass is 9.95. The molecule has 1 N–H and O–H groups in total. The molecule has 1 aliphatic carbocycles. The summed E-state index contributed by atoms with van der Waals surface area (Å²) in [6.07, 6.45) is 8.51. The molecule has 7 nitrogen and oxygen atoms in total. The normalized spacial score (nSPS) is 18.8. The second kappa shape index (κ2) is 12.6. The summed E-state index contributed by atoms with van der Waals surface area (Å²) in [5.74, 6) is 0.134. The van der Waals surface area contributed by atoms with Crippen molar-refractivity contribution in [1.82, 2.24) is 29.7 Å². The van der Waals surface area contributed by atoms with E-state index in [1.807, 2.05) is 66.9 Å². The van der Waals surface area contributed by atoms with Crippen LogP contribution in [0.25, 0.3) is 0 Å². The number of carbonyl (C=O) groups excluding carboxylic acids is 1. The third-order valence-corrected chi connectivity index (χ3v) is 8.60. The molecule has 2 atom stereocenters. The van der Waals surface area contributed by atoms with Crippen LogP contribution >= 0.6 is 11.6 Å². The van der Waals surface area contributed by atoms with Gasteiger partial charge in [-0.1, -0.05) is 60.1 Å². The van der Waals surface area contributed by atoms with Gasteiger partial charge in [-0.05, 0) is 60.6 Å². The molecular weight excluding hydrogens is 532 g/mol. The van der Waals surface area contributed by atoms with Gasteiger partial charge in [-0.2, -0.15) is 0 Å².